The van der Waals surface area contributed by atoms with Gasteiger partial charge in [-0.25, -0.2) is 0 Å². The van der Waals surface area contributed by atoms with Crippen LogP contribution in [0.2, 0.25) is 0 Å². The van der Waals surface area contributed by atoms with Gasteiger partial charge in [0, 0.05) is 12.6 Å². The minimum Gasteiger partial charge on any atom is -0.374 e. The van der Waals surface area contributed by atoms with E-state index in [-0.39, 0.29) is 5.60 Å². The second kappa shape index (κ2) is 8.34. The minimum absolute atomic E-state index is 0.0699. The lowest BCUT2D eigenvalue weighted by molar-refractivity contribution is -0.0565. The fraction of sp³-hybridized carbons (Fsp3) is 0.647. The monoisotopic (exact) mass is 263 g/mol. The first-order valence-electron chi connectivity index (χ1n) is 7.57. The lowest BCUT2D eigenvalue weighted by atomic mass is 9.88. The Bertz CT molecular complexity index is 338. The molecule has 1 aromatic carbocycles. The Balaban J connectivity index is 2.66. The van der Waals surface area contributed by atoms with Crippen molar-refractivity contribution in [2.75, 3.05) is 13.2 Å². The van der Waals surface area contributed by atoms with Gasteiger partial charge in [0.05, 0.1) is 5.60 Å². The van der Waals surface area contributed by atoms with Gasteiger partial charge in [-0.2, -0.15) is 0 Å². The molecule has 0 bridgehead atoms. The van der Waals surface area contributed by atoms with Crippen LogP contribution in [-0.2, 0) is 11.2 Å². The molecule has 2 unspecified atom stereocenters. The first-order valence-corrected chi connectivity index (χ1v) is 7.57. The van der Waals surface area contributed by atoms with Crippen molar-refractivity contribution >= 4 is 0 Å². The van der Waals surface area contributed by atoms with Crippen LogP contribution in [0.15, 0.2) is 30.3 Å². The molecule has 0 fully saturated rings. The van der Waals surface area contributed by atoms with Crippen LogP contribution in [0.25, 0.3) is 0 Å². The number of hydrogen-bond acceptors (Lipinski definition) is 2. The molecule has 2 atom stereocenters. The number of aryl methyl sites for hydroxylation is 1. The molecule has 2 heteroatoms. The van der Waals surface area contributed by atoms with E-state index >= 15 is 0 Å². The fourth-order valence-electron chi connectivity index (χ4n) is 2.60. The summed E-state index contributed by atoms with van der Waals surface area (Å²) in [5.41, 5.74) is 1.33. The molecule has 0 aromatic heterocycles. The molecule has 2 nitrogen and oxygen atoms in total. The normalized spacial score (nSPS) is 16.0. The van der Waals surface area contributed by atoms with Crippen molar-refractivity contribution in [3.8, 4) is 0 Å². The van der Waals surface area contributed by atoms with Gasteiger partial charge in [0.25, 0.3) is 0 Å². The average Bonchev–Trinajstić information content (AvgIpc) is 2.44. The van der Waals surface area contributed by atoms with Crippen molar-refractivity contribution in [3.63, 3.8) is 0 Å². The first-order chi connectivity index (χ1) is 9.16. The van der Waals surface area contributed by atoms with Crippen LogP contribution in [0.4, 0.5) is 0 Å². The van der Waals surface area contributed by atoms with E-state index < -0.39 is 0 Å². The van der Waals surface area contributed by atoms with Crippen molar-refractivity contribution in [2.24, 2.45) is 0 Å². The van der Waals surface area contributed by atoms with Crippen LogP contribution in [0, 0.1) is 0 Å². The Kier molecular flexibility index (Phi) is 7.11. The van der Waals surface area contributed by atoms with Crippen molar-refractivity contribution < 1.29 is 4.74 Å². The summed E-state index contributed by atoms with van der Waals surface area (Å²) in [6, 6.07) is 11.1. The number of benzene rings is 1. The van der Waals surface area contributed by atoms with Gasteiger partial charge in [-0.1, -0.05) is 44.2 Å². The van der Waals surface area contributed by atoms with Gasteiger partial charge in [0.2, 0.25) is 0 Å². The SMILES string of the molecule is CCNC(CCc1ccccc1)C(C)(CC)OCC. The van der Waals surface area contributed by atoms with Gasteiger partial charge >= 0.3 is 0 Å². The zero-order chi connectivity index (χ0) is 14.1. The number of rotatable bonds is 9. The van der Waals surface area contributed by atoms with Gasteiger partial charge < -0.3 is 10.1 Å². The summed E-state index contributed by atoms with van der Waals surface area (Å²) in [5.74, 6) is 0. The molecule has 0 aliphatic heterocycles. The van der Waals surface area contributed by atoms with Gasteiger partial charge in [-0.05, 0) is 45.2 Å². The molecule has 0 saturated carbocycles. The van der Waals surface area contributed by atoms with Crippen molar-refractivity contribution in [2.45, 2.75) is 58.6 Å². The molecule has 0 aliphatic rings. The quantitative estimate of drug-likeness (QED) is 0.731. The third-order valence-corrected chi connectivity index (χ3v) is 3.93. The highest BCUT2D eigenvalue weighted by atomic mass is 16.5. The predicted octanol–water partition coefficient (Wildman–Crippen LogP) is 3.80. The van der Waals surface area contributed by atoms with Crippen LogP contribution in [0.5, 0.6) is 0 Å². The molecule has 108 valence electrons. The summed E-state index contributed by atoms with van der Waals surface area (Å²) in [7, 11) is 0. The summed E-state index contributed by atoms with van der Waals surface area (Å²) in [4.78, 5) is 0. The maximum atomic E-state index is 6.02. The van der Waals surface area contributed by atoms with E-state index in [1.54, 1.807) is 0 Å². The highest BCUT2D eigenvalue weighted by Gasteiger charge is 2.32. The molecule has 0 heterocycles. The number of hydrogen-bond donors (Lipinski definition) is 1. The minimum atomic E-state index is -0.0699. The Labute approximate surface area is 118 Å². The summed E-state index contributed by atoms with van der Waals surface area (Å²) < 4.78 is 6.02. The molecular weight excluding hydrogens is 234 g/mol. The summed E-state index contributed by atoms with van der Waals surface area (Å²) in [6.07, 6.45) is 3.25. The first kappa shape index (κ1) is 16.2. The highest BCUT2D eigenvalue weighted by Crippen LogP contribution is 2.23. The fourth-order valence-corrected chi connectivity index (χ4v) is 2.60. The number of likely N-dealkylation sites (N-methyl/N-ethyl adjacent to an activating group) is 1. The largest absolute Gasteiger partial charge is 0.374 e. The third kappa shape index (κ3) is 4.96. The molecule has 1 N–H and O–H groups in total. The van der Waals surface area contributed by atoms with E-state index in [1.807, 2.05) is 0 Å². The summed E-state index contributed by atoms with van der Waals surface area (Å²) in [5, 5.41) is 3.60. The molecular formula is C17H29NO. The second-order valence-electron chi connectivity index (χ2n) is 5.23. The third-order valence-electron chi connectivity index (χ3n) is 3.93. The zero-order valence-electron chi connectivity index (χ0n) is 12.9. The Hall–Kier alpha value is -0.860. The molecule has 0 radical (unpaired) electrons. The standard InChI is InChI=1S/C17H29NO/c1-5-17(4,19-7-3)16(18-6-2)14-13-15-11-9-8-10-12-15/h8-12,16,18H,5-7,13-14H2,1-4H3. The van der Waals surface area contributed by atoms with Gasteiger partial charge in [-0.15, -0.1) is 0 Å². The lowest BCUT2D eigenvalue weighted by Gasteiger charge is -2.37. The Morgan fingerprint density at radius 1 is 1.16 bits per heavy atom. The van der Waals surface area contributed by atoms with Gasteiger partial charge in [0.15, 0.2) is 0 Å². The van der Waals surface area contributed by atoms with E-state index in [4.69, 9.17) is 4.74 Å². The predicted molar refractivity (Wildman–Crippen MR) is 82.5 cm³/mol. The molecule has 0 spiro atoms. The Morgan fingerprint density at radius 2 is 1.84 bits per heavy atom. The topological polar surface area (TPSA) is 21.3 Å². The van der Waals surface area contributed by atoms with Crippen LogP contribution < -0.4 is 5.32 Å². The van der Waals surface area contributed by atoms with E-state index in [9.17, 15) is 0 Å². The number of nitrogens with one attached hydrogen (secondary N) is 1. The molecule has 1 rings (SSSR count). The zero-order valence-corrected chi connectivity index (χ0v) is 12.9. The van der Waals surface area contributed by atoms with Crippen molar-refractivity contribution in [3.05, 3.63) is 35.9 Å². The molecule has 1 aromatic rings. The van der Waals surface area contributed by atoms with E-state index in [1.165, 1.54) is 5.56 Å². The Morgan fingerprint density at radius 3 is 2.37 bits per heavy atom. The van der Waals surface area contributed by atoms with Crippen molar-refractivity contribution in [1.82, 2.24) is 5.32 Å². The second-order valence-corrected chi connectivity index (χ2v) is 5.23. The van der Waals surface area contributed by atoms with E-state index in [0.717, 1.165) is 32.4 Å². The van der Waals surface area contributed by atoms with Crippen molar-refractivity contribution in [1.29, 1.82) is 0 Å². The van der Waals surface area contributed by atoms with Crippen LogP contribution in [0.1, 0.15) is 46.1 Å². The van der Waals surface area contributed by atoms with Gasteiger partial charge in [-0.3, -0.25) is 0 Å². The average molecular weight is 263 g/mol. The maximum Gasteiger partial charge on any atom is 0.0804 e. The van der Waals surface area contributed by atoms with Crippen LogP contribution >= 0.6 is 0 Å². The lowest BCUT2D eigenvalue weighted by Crippen LogP contribution is -2.50. The van der Waals surface area contributed by atoms with E-state index in [2.05, 4.69) is 63.3 Å². The van der Waals surface area contributed by atoms with Crippen LogP contribution in [-0.4, -0.2) is 24.8 Å². The molecule has 0 saturated heterocycles. The summed E-state index contributed by atoms with van der Waals surface area (Å²) in [6.45, 7) is 10.4. The smallest absolute Gasteiger partial charge is 0.0804 e. The van der Waals surface area contributed by atoms with Gasteiger partial charge in [0.1, 0.15) is 0 Å². The molecule has 0 aliphatic carbocycles. The summed E-state index contributed by atoms with van der Waals surface area (Å²) >= 11 is 0. The maximum absolute atomic E-state index is 6.02. The van der Waals surface area contributed by atoms with Crippen LogP contribution in [0.3, 0.4) is 0 Å². The highest BCUT2D eigenvalue weighted by molar-refractivity contribution is 5.15. The van der Waals surface area contributed by atoms with E-state index in [0.29, 0.717) is 6.04 Å². The number of ether oxygens (including phenoxy) is 1. The molecule has 19 heavy (non-hydrogen) atoms. The molecule has 0 amide bonds.